The van der Waals surface area contributed by atoms with Crippen LogP contribution in [0.4, 0.5) is 0 Å². The van der Waals surface area contributed by atoms with Crippen molar-refractivity contribution in [2.45, 2.75) is 37.3 Å². The van der Waals surface area contributed by atoms with Crippen molar-refractivity contribution < 1.29 is 9.47 Å². The lowest BCUT2D eigenvalue weighted by Gasteiger charge is -2.21. The first-order chi connectivity index (χ1) is 10.8. The number of ether oxygens (including phenoxy) is 2. The monoisotopic (exact) mass is 428 g/mol. The topological polar surface area (TPSA) is 18.5 Å². The average Bonchev–Trinajstić information content (AvgIpc) is 2.56. The third-order valence-corrected chi connectivity index (χ3v) is 4.62. The second-order valence-corrected chi connectivity index (χ2v) is 6.25. The third kappa shape index (κ3) is 3.60. The summed E-state index contributed by atoms with van der Waals surface area (Å²) in [6, 6.07) is 8.45. The van der Waals surface area contributed by atoms with E-state index < -0.39 is 0 Å². The maximum absolute atomic E-state index is 6.08. The van der Waals surface area contributed by atoms with Crippen LogP contribution in [-0.4, -0.2) is 13.2 Å². The molecule has 0 fully saturated rings. The van der Waals surface area contributed by atoms with E-state index in [1.165, 1.54) is 21.9 Å². The largest absolute Gasteiger partial charge is 0.489 e. The van der Waals surface area contributed by atoms with Gasteiger partial charge in [0, 0.05) is 21.8 Å². The summed E-state index contributed by atoms with van der Waals surface area (Å²) >= 11 is 7.25. The van der Waals surface area contributed by atoms with Crippen LogP contribution in [0.1, 0.15) is 37.8 Å². The molecule has 0 unspecified atom stereocenters. The highest BCUT2D eigenvalue weighted by atomic mass is 79.9. The maximum atomic E-state index is 6.08. The van der Waals surface area contributed by atoms with Crippen molar-refractivity contribution >= 4 is 42.6 Å². The van der Waals surface area contributed by atoms with Crippen LogP contribution in [0.5, 0.6) is 11.5 Å². The minimum absolute atomic E-state index is 0.697. The summed E-state index contributed by atoms with van der Waals surface area (Å²) in [6.07, 6.45) is 1.96. The van der Waals surface area contributed by atoms with Gasteiger partial charge in [-0.1, -0.05) is 70.0 Å². The van der Waals surface area contributed by atoms with E-state index in [1.54, 1.807) is 0 Å². The number of halogens is 2. The molecule has 0 heterocycles. The summed E-state index contributed by atoms with van der Waals surface area (Å²) in [5.74, 6) is 1.78. The summed E-state index contributed by atoms with van der Waals surface area (Å²) in [6.45, 7) is 5.63. The van der Waals surface area contributed by atoms with E-state index in [-0.39, 0.29) is 0 Å². The number of fused-ring (bicyclic) bond motifs is 1. The Morgan fingerprint density at radius 3 is 1.50 bits per heavy atom. The first-order valence-corrected chi connectivity index (χ1v) is 9.96. The van der Waals surface area contributed by atoms with Gasteiger partial charge in [0.2, 0.25) is 0 Å². The Hall–Kier alpha value is -0.740. The molecule has 0 N–H and O–H groups in total. The minimum atomic E-state index is 0.697. The van der Waals surface area contributed by atoms with Crippen molar-refractivity contribution in [1.29, 1.82) is 0 Å². The van der Waals surface area contributed by atoms with Crippen molar-refractivity contribution in [1.82, 2.24) is 0 Å². The molecular weight excluding hydrogens is 408 g/mol. The van der Waals surface area contributed by atoms with Gasteiger partial charge in [0.1, 0.15) is 0 Å². The molecule has 120 valence electrons. The zero-order valence-electron chi connectivity index (χ0n) is 13.1. The lowest BCUT2D eigenvalue weighted by Crippen LogP contribution is -2.06. The van der Waals surface area contributed by atoms with Gasteiger partial charge in [-0.25, -0.2) is 0 Å². The highest BCUT2D eigenvalue weighted by Gasteiger charge is 2.20. The molecule has 0 aromatic heterocycles. The average molecular weight is 430 g/mol. The molecule has 0 radical (unpaired) electrons. The van der Waals surface area contributed by atoms with Crippen LogP contribution in [-0.2, 0) is 10.7 Å². The fourth-order valence-electron chi connectivity index (χ4n) is 2.51. The number of alkyl halides is 2. The van der Waals surface area contributed by atoms with Gasteiger partial charge in [-0.2, -0.15) is 0 Å². The van der Waals surface area contributed by atoms with E-state index in [4.69, 9.17) is 9.47 Å². The number of hydrogen-bond donors (Lipinski definition) is 0. The lowest BCUT2D eigenvalue weighted by atomic mass is 9.99. The summed E-state index contributed by atoms with van der Waals surface area (Å²) in [5, 5.41) is 3.95. The summed E-state index contributed by atoms with van der Waals surface area (Å²) < 4.78 is 12.2. The van der Waals surface area contributed by atoms with Crippen LogP contribution >= 0.6 is 31.9 Å². The van der Waals surface area contributed by atoms with Gasteiger partial charge in [0.25, 0.3) is 0 Å². The molecule has 0 aliphatic rings. The van der Waals surface area contributed by atoms with Crippen molar-refractivity contribution in [2.75, 3.05) is 13.2 Å². The molecule has 2 nitrogen and oxygen atoms in total. The standard InChI is InChI=1S/C18H22Br2O2/c1-3-9-21-17-15(11-19)13-7-5-6-8-14(13)16(12-20)18(17)22-10-4-2/h5-8H,3-4,9-12H2,1-2H3. The molecule has 0 aliphatic carbocycles. The molecular formula is C18H22Br2O2. The molecule has 4 heteroatoms. The molecule has 0 atom stereocenters. The lowest BCUT2D eigenvalue weighted by molar-refractivity contribution is 0.266. The van der Waals surface area contributed by atoms with Gasteiger partial charge in [0.15, 0.2) is 11.5 Å². The fourth-order valence-corrected chi connectivity index (χ4v) is 3.62. The molecule has 2 rings (SSSR count). The van der Waals surface area contributed by atoms with Crippen molar-refractivity contribution in [2.24, 2.45) is 0 Å². The maximum Gasteiger partial charge on any atom is 0.166 e. The highest BCUT2D eigenvalue weighted by Crippen LogP contribution is 2.44. The van der Waals surface area contributed by atoms with Crippen molar-refractivity contribution in [3.8, 4) is 11.5 Å². The Bertz CT molecular complexity index is 572. The Kier molecular flexibility index (Phi) is 7.03. The van der Waals surface area contributed by atoms with E-state index in [0.717, 1.165) is 35.0 Å². The quantitative estimate of drug-likeness (QED) is 0.464. The van der Waals surface area contributed by atoms with Crippen LogP contribution in [0.25, 0.3) is 10.8 Å². The number of benzene rings is 2. The van der Waals surface area contributed by atoms with E-state index in [1.807, 2.05) is 0 Å². The summed E-state index contributed by atoms with van der Waals surface area (Å²) in [5.41, 5.74) is 2.33. The predicted octanol–water partition coefficient (Wildman–Crippen LogP) is 6.21. The first kappa shape index (κ1) is 17.6. The van der Waals surface area contributed by atoms with Gasteiger partial charge in [-0.3, -0.25) is 0 Å². The molecule has 22 heavy (non-hydrogen) atoms. The zero-order chi connectivity index (χ0) is 15.9. The fraction of sp³-hybridized carbons (Fsp3) is 0.444. The SMILES string of the molecule is CCCOc1c(OCCC)c(CBr)c2ccccc2c1CBr. The highest BCUT2D eigenvalue weighted by molar-refractivity contribution is 9.08. The molecule has 2 aromatic carbocycles. The first-order valence-electron chi connectivity index (χ1n) is 7.72. The zero-order valence-corrected chi connectivity index (χ0v) is 16.3. The van der Waals surface area contributed by atoms with Crippen LogP contribution in [0.15, 0.2) is 24.3 Å². The van der Waals surface area contributed by atoms with Gasteiger partial charge in [-0.15, -0.1) is 0 Å². The summed E-state index contributed by atoms with van der Waals surface area (Å²) in [7, 11) is 0. The van der Waals surface area contributed by atoms with Crippen LogP contribution in [0, 0.1) is 0 Å². The Morgan fingerprint density at radius 1 is 0.773 bits per heavy atom. The Morgan fingerprint density at radius 2 is 1.18 bits per heavy atom. The van der Waals surface area contributed by atoms with Crippen LogP contribution in [0.3, 0.4) is 0 Å². The van der Waals surface area contributed by atoms with Gasteiger partial charge in [0.05, 0.1) is 13.2 Å². The second-order valence-electron chi connectivity index (χ2n) is 5.13. The van der Waals surface area contributed by atoms with E-state index in [0.29, 0.717) is 13.2 Å². The molecule has 0 saturated carbocycles. The van der Waals surface area contributed by atoms with Crippen molar-refractivity contribution in [3.05, 3.63) is 35.4 Å². The normalized spacial score (nSPS) is 10.9. The molecule has 2 aromatic rings. The van der Waals surface area contributed by atoms with Gasteiger partial charge in [-0.05, 0) is 23.6 Å². The molecule has 0 saturated heterocycles. The third-order valence-electron chi connectivity index (χ3n) is 3.50. The van der Waals surface area contributed by atoms with E-state index >= 15 is 0 Å². The smallest absolute Gasteiger partial charge is 0.166 e. The van der Waals surface area contributed by atoms with E-state index in [9.17, 15) is 0 Å². The second kappa shape index (κ2) is 8.78. The summed E-state index contributed by atoms with van der Waals surface area (Å²) in [4.78, 5) is 0. The van der Waals surface area contributed by atoms with Crippen molar-refractivity contribution in [3.63, 3.8) is 0 Å². The van der Waals surface area contributed by atoms with E-state index in [2.05, 4.69) is 70.0 Å². The van der Waals surface area contributed by atoms with Crippen LogP contribution < -0.4 is 9.47 Å². The van der Waals surface area contributed by atoms with Gasteiger partial charge >= 0.3 is 0 Å². The molecule has 0 aliphatic heterocycles. The number of rotatable bonds is 8. The molecule has 0 bridgehead atoms. The predicted molar refractivity (Wildman–Crippen MR) is 101 cm³/mol. The van der Waals surface area contributed by atoms with Crippen LogP contribution in [0.2, 0.25) is 0 Å². The van der Waals surface area contributed by atoms with Gasteiger partial charge < -0.3 is 9.47 Å². The Balaban J connectivity index is 2.72. The Labute approximate surface area is 149 Å². The minimum Gasteiger partial charge on any atom is -0.489 e. The molecule has 0 spiro atoms. The number of hydrogen-bond acceptors (Lipinski definition) is 2. The molecule has 0 amide bonds.